The summed E-state index contributed by atoms with van der Waals surface area (Å²) in [6.07, 6.45) is 1.96. The minimum Gasteiger partial charge on any atom is -0.493 e. The summed E-state index contributed by atoms with van der Waals surface area (Å²) in [5.41, 5.74) is 4.79. The topological polar surface area (TPSA) is 33.7 Å². The molecule has 0 fully saturated rings. The molecule has 2 aromatic carbocycles. The lowest BCUT2D eigenvalue weighted by atomic mass is 10.1. The van der Waals surface area contributed by atoms with Gasteiger partial charge in [0.15, 0.2) is 16.6 Å². The summed E-state index contributed by atoms with van der Waals surface area (Å²) in [6, 6.07) is 12.3. The van der Waals surface area contributed by atoms with Crippen molar-refractivity contribution in [2.45, 2.75) is 26.7 Å². The number of anilines is 1. The van der Waals surface area contributed by atoms with Crippen LogP contribution in [0.5, 0.6) is 11.5 Å². The second-order valence-corrected chi connectivity index (χ2v) is 6.78. The molecule has 1 N–H and O–H groups in total. The van der Waals surface area contributed by atoms with Gasteiger partial charge in [-0.05, 0) is 73.8 Å². The Balaban J connectivity index is 1.87. The first-order valence-electron chi connectivity index (χ1n) is 8.75. The molecule has 0 saturated heterocycles. The van der Waals surface area contributed by atoms with Gasteiger partial charge in [0.05, 0.1) is 14.2 Å². The molecular weight excluding hydrogens is 344 g/mol. The van der Waals surface area contributed by atoms with Gasteiger partial charge in [0.2, 0.25) is 0 Å². The average molecular weight is 373 g/mol. The van der Waals surface area contributed by atoms with E-state index in [-0.39, 0.29) is 0 Å². The molecule has 2 aromatic rings. The zero-order chi connectivity index (χ0) is 19.1. The molecule has 0 aliphatic carbocycles. The molecule has 0 radical (unpaired) electrons. The van der Waals surface area contributed by atoms with Crippen molar-refractivity contribution < 1.29 is 9.47 Å². The number of ether oxygens (including phenoxy) is 2. The highest BCUT2D eigenvalue weighted by Gasteiger charge is 2.08. The fourth-order valence-electron chi connectivity index (χ4n) is 2.76. The van der Waals surface area contributed by atoms with Crippen LogP contribution in [0.1, 0.15) is 23.1 Å². The first kappa shape index (κ1) is 20.0. The van der Waals surface area contributed by atoms with E-state index in [2.05, 4.69) is 42.3 Å². The van der Waals surface area contributed by atoms with Crippen molar-refractivity contribution in [1.29, 1.82) is 0 Å². The zero-order valence-electron chi connectivity index (χ0n) is 16.3. The van der Waals surface area contributed by atoms with E-state index in [9.17, 15) is 0 Å². The number of hydrogen-bond donors (Lipinski definition) is 1. The third-order valence-electron chi connectivity index (χ3n) is 4.60. The van der Waals surface area contributed by atoms with Crippen molar-refractivity contribution in [1.82, 2.24) is 4.90 Å². The van der Waals surface area contributed by atoms with Crippen LogP contribution in [0.3, 0.4) is 0 Å². The summed E-state index contributed by atoms with van der Waals surface area (Å²) >= 11 is 5.54. The largest absolute Gasteiger partial charge is 0.493 e. The lowest BCUT2D eigenvalue weighted by molar-refractivity contribution is 0.354. The number of nitrogens with one attached hydrogen (secondary N) is 1. The number of nitrogens with zero attached hydrogens (tertiary/aromatic N) is 1. The maximum atomic E-state index is 5.54. The van der Waals surface area contributed by atoms with Gasteiger partial charge in [0.1, 0.15) is 0 Å². The van der Waals surface area contributed by atoms with E-state index in [4.69, 9.17) is 21.7 Å². The van der Waals surface area contributed by atoms with Gasteiger partial charge in [-0.25, -0.2) is 0 Å². The normalized spacial score (nSPS) is 10.3. The van der Waals surface area contributed by atoms with Crippen LogP contribution in [-0.2, 0) is 6.42 Å². The van der Waals surface area contributed by atoms with Crippen LogP contribution in [0, 0.1) is 13.8 Å². The Bertz CT molecular complexity index is 762. The maximum absolute atomic E-state index is 5.54. The Kier molecular flexibility index (Phi) is 7.27. The fourth-order valence-corrected chi connectivity index (χ4v) is 2.96. The molecule has 0 bridgehead atoms. The van der Waals surface area contributed by atoms with Gasteiger partial charge < -0.3 is 19.7 Å². The first-order chi connectivity index (χ1) is 12.5. The summed E-state index contributed by atoms with van der Waals surface area (Å²) in [7, 11) is 5.33. The first-order valence-corrected chi connectivity index (χ1v) is 9.16. The van der Waals surface area contributed by atoms with Crippen LogP contribution in [0.2, 0.25) is 0 Å². The molecule has 0 saturated carbocycles. The Morgan fingerprint density at radius 1 is 1.08 bits per heavy atom. The lowest BCUT2D eigenvalue weighted by Gasteiger charge is -2.22. The summed E-state index contributed by atoms with van der Waals surface area (Å²) in [5, 5.41) is 4.10. The van der Waals surface area contributed by atoms with Gasteiger partial charge in [-0.2, -0.15) is 0 Å². The van der Waals surface area contributed by atoms with Crippen LogP contribution < -0.4 is 14.8 Å². The van der Waals surface area contributed by atoms with Crippen molar-refractivity contribution in [3.8, 4) is 11.5 Å². The molecule has 26 heavy (non-hydrogen) atoms. The molecule has 0 unspecified atom stereocenters. The number of thiocarbonyl (C=S) groups is 1. The third kappa shape index (κ3) is 5.11. The van der Waals surface area contributed by atoms with E-state index in [1.165, 1.54) is 16.7 Å². The standard InChI is InChI=1S/C21H28N2O2S/c1-15-8-6-10-18(16(15)2)22-21(26)23(3)13-7-9-17-11-12-19(24-4)20(14-17)25-5/h6,8,10-12,14H,7,9,13H2,1-5H3,(H,22,26). The van der Waals surface area contributed by atoms with Crippen LogP contribution in [0.15, 0.2) is 36.4 Å². The lowest BCUT2D eigenvalue weighted by Crippen LogP contribution is -2.32. The van der Waals surface area contributed by atoms with Crippen molar-refractivity contribution in [2.24, 2.45) is 0 Å². The molecular formula is C21H28N2O2S. The third-order valence-corrected chi connectivity index (χ3v) is 5.01. The van der Waals surface area contributed by atoms with Crippen LogP contribution in [-0.4, -0.2) is 37.8 Å². The zero-order valence-corrected chi connectivity index (χ0v) is 17.1. The molecule has 0 aliphatic rings. The van der Waals surface area contributed by atoms with Crippen LogP contribution in [0.25, 0.3) is 0 Å². The highest BCUT2D eigenvalue weighted by molar-refractivity contribution is 7.80. The predicted molar refractivity (Wildman–Crippen MR) is 113 cm³/mol. The Hall–Kier alpha value is -2.27. The minimum atomic E-state index is 0.742. The smallest absolute Gasteiger partial charge is 0.173 e. The van der Waals surface area contributed by atoms with Gasteiger partial charge >= 0.3 is 0 Å². The van der Waals surface area contributed by atoms with E-state index in [0.717, 1.165) is 41.7 Å². The van der Waals surface area contributed by atoms with Gasteiger partial charge in [-0.1, -0.05) is 18.2 Å². The molecule has 0 amide bonds. The van der Waals surface area contributed by atoms with Crippen LogP contribution >= 0.6 is 12.2 Å². The quantitative estimate of drug-likeness (QED) is 0.720. The molecule has 5 heteroatoms. The van der Waals surface area contributed by atoms with Crippen LogP contribution in [0.4, 0.5) is 5.69 Å². The number of methoxy groups -OCH3 is 2. The Labute approximate surface area is 162 Å². The molecule has 140 valence electrons. The van der Waals surface area contributed by atoms with Gasteiger partial charge in [0, 0.05) is 19.3 Å². The molecule has 0 atom stereocenters. The molecule has 0 aliphatic heterocycles. The summed E-state index contributed by atoms with van der Waals surface area (Å²) in [6.45, 7) is 5.10. The fraction of sp³-hybridized carbons (Fsp3) is 0.381. The van der Waals surface area contributed by atoms with Gasteiger partial charge in [-0.15, -0.1) is 0 Å². The van der Waals surface area contributed by atoms with Gasteiger partial charge in [-0.3, -0.25) is 0 Å². The molecule has 0 heterocycles. The highest BCUT2D eigenvalue weighted by atomic mass is 32.1. The second kappa shape index (κ2) is 9.43. The molecule has 0 aromatic heterocycles. The van der Waals surface area contributed by atoms with E-state index in [0.29, 0.717) is 0 Å². The monoisotopic (exact) mass is 372 g/mol. The van der Waals surface area contributed by atoms with Crippen molar-refractivity contribution in [3.63, 3.8) is 0 Å². The van der Waals surface area contributed by atoms with E-state index in [1.54, 1.807) is 14.2 Å². The average Bonchev–Trinajstić information content (AvgIpc) is 2.65. The molecule has 4 nitrogen and oxygen atoms in total. The predicted octanol–water partition coefficient (Wildman–Crippen LogP) is 4.58. The second-order valence-electron chi connectivity index (χ2n) is 6.39. The summed E-state index contributed by atoms with van der Waals surface area (Å²) in [5.74, 6) is 1.53. The van der Waals surface area contributed by atoms with Crippen molar-refractivity contribution in [3.05, 3.63) is 53.1 Å². The number of aryl methyl sites for hydroxylation is 2. The minimum absolute atomic E-state index is 0.742. The Morgan fingerprint density at radius 3 is 2.50 bits per heavy atom. The Morgan fingerprint density at radius 2 is 1.81 bits per heavy atom. The van der Waals surface area contributed by atoms with Crippen molar-refractivity contribution >= 4 is 23.0 Å². The van der Waals surface area contributed by atoms with E-state index < -0.39 is 0 Å². The highest BCUT2D eigenvalue weighted by Crippen LogP contribution is 2.28. The SMILES string of the molecule is COc1ccc(CCCN(C)C(=S)Nc2cccc(C)c2C)cc1OC. The molecule has 2 rings (SSSR count). The van der Waals surface area contributed by atoms with E-state index >= 15 is 0 Å². The maximum Gasteiger partial charge on any atom is 0.173 e. The van der Waals surface area contributed by atoms with Gasteiger partial charge in [0.25, 0.3) is 0 Å². The number of benzene rings is 2. The van der Waals surface area contributed by atoms with Crippen molar-refractivity contribution in [2.75, 3.05) is 33.1 Å². The van der Waals surface area contributed by atoms with E-state index in [1.807, 2.05) is 25.2 Å². The number of hydrogen-bond acceptors (Lipinski definition) is 3. The number of rotatable bonds is 7. The molecule has 0 spiro atoms. The summed E-state index contributed by atoms with van der Waals surface area (Å²) in [4.78, 5) is 2.08. The summed E-state index contributed by atoms with van der Waals surface area (Å²) < 4.78 is 10.6.